The molecule has 0 aliphatic heterocycles. The molecule has 20 heavy (non-hydrogen) atoms. The third-order valence-electron chi connectivity index (χ3n) is 3.35. The van der Waals surface area contributed by atoms with E-state index in [2.05, 4.69) is 28.2 Å². The lowest BCUT2D eigenvalue weighted by atomic mass is 10.2. The monoisotopic (exact) mass is 379 g/mol. The van der Waals surface area contributed by atoms with Crippen molar-refractivity contribution in [1.29, 1.82) is 0 Å². The Kier molecular flexibility index (Phi) is 4.76. The maximum Gasteiger partial charge on any atom is 0.262 e. The molecule has 1 N–H and O–H groups in total. The van der Waals surface area contributed by atoms with Crippen molar-refractivity contribution >= 4 is 41.6 Å². The highest BCUT2D eigenvalue weighted by Crippen LogP contribution is 2.35. The molecule has 1 aliphatic carbocycles. The lowest BCUT2D eigenvalue weighted by Crippen LogP contribution is -2.27. The molecular weight excluding hydrogens is 366 g/mol. The summed E-state index contributed by atoms with van der Waals surface area (Å²) in [5.74, 6) is 0.290. The van der Waals surface area contributed by atoms with Gasteiger partial charge in [-0.3, -0.25) is 4.79 Å². The lowest BCUT2D eigenvalue weighted by molar-refractivity contribution is 0.0948. The van der Waals surface area contributed by atoms with E-state index in [4.69, 9.17) is 10.7 Å². The summed E-state index contributed by atoms with van der Waals surface area (Å²) in [4.78, 5) is 12.0. The standard InChI is InChI=1S/C13H15BrClNO3S/c1-2-3-8-6-11(8)16-13(17)9-4-5-10(14)12(7-9)20(15,18)19/h4-5,7-8,11H,2-3,6H2,1H3,(H,16,17). The van der Waals surface area contributed by atoms with Crippen molar-refractivity contribution in [3.63, 3.8) is 0 Å². The van der Waals surface area contributed by atoms with E-state index >= 15 is 0 Å². The van der Waals surface area contributed by atoms with Gasteiger partial charge in [-0.1, -0.05) is 13.3 Å². The van der Waals surface area contributed by atoms with E-state index in [1.807, 2.05) is 0 Å². The average molecular weight is 381 g/mol. The molecule has 0 saturated heterocycles. The quantitative estimate of drug-likeness (QED) is 0.797. The van der Waals surface area contributed by atoms with E-state index in [-0.39, 0.29) is 16.8 Å². The van der Waals surface area contributed by atoms with E-state index in [0.717, 1.165) is 19.3 Å². The summed E-state index contributed by atoms with van der Waals surface area (Å²) in [7, 11) is 1.46. The number of halogens is 2. The number of carbonyl (C=O) groups excluding carboxylic acids is 1. The minimum absolute atomic E-state index is 0.0901. The zero-order chi connectivity index (χ0) is 14.9. The van der Waals surface area contributed by atoms with Gasteiger partial charge in [-0.2, -0.15) is 0 Å². The normalized spacial score (nSPS) is 21.6. The molecule has 110 valence electrons. The molecule has 1 saturated carbocycles. The van der Waals surface area contributed by atoms with Crippen LogP contribution in [0.15, 0.2) is 27.6 Å². The average Bonchev–Trinajstić information content (AvgIpc) is 3.06. The van der Waals surface area contributed by atoms with Gasteiger partial charge in [-0.15, -0.1) is 0 Å². The molecule has 0 heterocycles. The van der Waals surface area contributed by atoms with Crippen LogP contribution < -0.4 is 5.32 Å². The van der Waals surface area contributed by atoms with Gasteiger partial charge in [0.1, 0.15) is 0 Å². The molecule has 0 spiro atoms. The van der Waals surface area contributed by atoms with Crippen molar-refractivity contribution in [2.45, 2.75) is 37.1 Å². The Morgan fingerprint density at radius 1 is 1.50 bits per heavy atom. The molecule has 0 bridgehead atoms. The topological polar surface area (TPSA) is 63.2 Å². The summed E-state index contributed by atoms with van der Waals surface area (Å²) in [6.07, 6.45) is 3.20. The Balaban J connectivity index is 2.12. The Morgan fingerprint density at radius 3 is 2.80 bits per heavy atom. The van der Waals surface area contributed by atoms with Crippen molar-refractivity contribution in [2.75, 3.05) is 0 Å². The molecule has 2 rings (SSSR count). The van der Waals surface area contributed by atoms with Gasteiger partial charge in [0.2, 0.25) is 0 Å². The van der Waals surface area contributed by atoms with Crippen LogP contribution in [0.3, 0.4) is 0 Å². The van der Waals surface area contributed by atoms with Gasteiger partial charge in [0.05, 0.1) is 4.90 Å². The second-order valence-corrected chi connectivity index (χ2v) is 8.34. The number of hydrogen-bond donors (Lipinski definition) is 1. The SMILES string of the molecule is CCCC1CC1NC(=O)c1ccc(Br)c(S(=O)(=O)Cl)c1. The first-order valence-corrected chi connectivity index (χ1v) is 9.48. The summed E-state index contributed by atoms with van der Waals surface area (Å²) < 4.78 is 23.2. The van der Waals surface area contributed by atoms with Crippen LogP contribution in [-0.4, -0.2) is 20.4 Å². The molecule has 1 amide bonds. The number of rotatable bonds is 5. The van der Waals surface area contributed by atoms with Gasteiger partial charge in [-0.25, -0.2) is 8.42 Å². The van der Waals surface area contributed by atoms with Crippen LogP contribution in [0.5, 0.6) is 0 Å². The van der Waals surface area contributed by atoms with Crippen molar-refractivity contribution in [3.8, 4) is 0 Å². The highest BCUT2D eigenvalue weighted by atomic mass is 79.9. The highest BCUT2D eigenvalue weighted by molar-refractivity contribution is 9.10. The molecule has 2 atom stereocenters. The predicted octanol–water partition coefficient (Wildman–Crippen LogP) is 3.30. The van der Waals surface area contributed by atoms with Gasteiger partial charge in [0.15, 0.2) is 0 Å². The second-order valence-electron chi connectivity index (χ2n) is 4.95. The molecule has 1 aromatic rings. The minimum atomic E-state index is -3.88. The smallest absolute Gasteiger partial charge is 0.262 e. The fraction of sp³-hybridized carbons (Fsp3) is 0.462. The predicted molar refractivity (Wildman–Crippen MR) is 81.5 cm³/mol. The highest BCUT2D eigenvalue weighted by Gasteiger charge is 2.37. The lowest BCUT2D eigenvalue weighted by Gasteiger charge is -2.07. The number of amides is 1. The van der Waals surface area contributed by atoms with Crippen LogP contribution in [-0.2, 0) is 9.05 Å². The van der Waals surface area contributed by atoms with Gasteiger partial charge >= 0.3 is 0 Å². The Morgan fingerprint density at radius 2 is 2.20 bits per heavy atom. The summed E-state index contributed by atoms with van der Waals surface area (Å²) >= 11 is 3.11. The zero-order valence-electron chi connectivity index (χ0n) is 10.9. The van der Waals surface area contributed by atoms with Crippen molar-refractivity contribution < 1.29 is 13.2 Å². The van der Waals surface area contributed by atoms with E-state index < -0.39 is 9.05 Å². The fourth-order valence-electron chi connectivity index (χ4n) is 2.20. The van der Waals surface area contributed by atoms with Crippen LogP contribution in [0.2, 0.25) is 0 Å². The van der Waals surface area contributed by atoms with Gasteiger partial charge < -0.3 is 5.32 Å². The molecule has 0 radical (unpaired) electrons. The molecule has 1 fully saturated rings. The van der Waals surface area contributed by atoms with Crippen molar-refractivity contribution in [3.05, 3.63) is 28.2 Å². The van der Waals surface area contributed by atoms with Crippen molar-refractivity contribution in [2.24, 2.45) is 5.92 Å². The Labute approximate surface area is 131 Å². The van der Waals surface area contributed by atoms with E-state index in [1.54, 1.807) is 6.07 Å². The summed E-state index contributed by atoms with van der Waals surface area (Å²) in [5.41, 5.74) is 0.301. The van der Waals surface area contributed by atoms with Crippen LogP contribution in [0.4, 0.5) is 0 Å². The van der Waals surface area contributed by atoms with Crippen LogP contribution in [0.25, 0.3) is 0 Å². The number of carbonyl (C=O) groups is 1. The molecule has 4 nitrogen and oxygen atoms in total. The van der Waals surface area contributed by atoms with Crippen molar-refractivity contribution in [1.82, 2.24) is 5.32 Å². The fourth-order valence-corrected chi connectivity index (χ4v) is 4.31. The van der Waals surface area contributed by atoms with Gasteiger partial charge in [-0.05, 0) is 52.9 Å². The minimum Gasteiger partial charge on any atom is -0.349 e. The van der Waals surface area contributed by atoms with Crippen LogP contribution in [0, 0.1) is 5.92 Å². The largest absolute Gasteiger partial charge is 0.349 e. The molecule has 2 unspecified atom stereocenters. The van der Waals surface area contributed by atoms with Crippen LogP contribution in [0.1, 0.15) is 36.5 Å². The zero-order valence-corrected chi connectivity index (χ0v) is 14.1. The van der Waals surface area contributed by atoms with E-state index in [1.165, 1.54) is 12.1 Å². The molecular formula is C13H15BrClNO3S. The van der Waals surface area contributed by atoms with Crippen LogP contribution >= 0.6 is 26.6 Å². The maximum absolute atomic E-state index is 12.1. The summed E-state index contributed by atoms with van der Waals surface area (Å²) in [6, 6.07) is 4.59. The molecule has 7 heteroatoms. The number of nitrogens with one attached hydrogen (secondary N) is 1. The second kappa shape index (κ2) is 6.03. The van der Waals surface area contributed by atoms with Gasteiger partial charge in [0, 0.05) is 26.8 Å². The molecule has 0 aromatic heterocycles. The first-order valence-electron chi connectivity index (χ1n) is 6.38. The molecule has 1 aliphatic rings. The first-order chi connectivity index (χ1) is 9.32. The summed E-state index contributed by atoms with van der Waals surface area (Å²) in [5, 5.41) is 2.91. The van der Waals surface area contributed by atoms with Gasteiger partial charge in [0.25, 0.3) is 15.0 Å². The maximum atomic E-state index is 12.1. The summed E-state index contributed by atoms with van der Waals surface area (Å²) in [6.45, 7) is 2.11. The third-order valence-corrected chi connectivity index (χ3v) is 5.67. The molecule has 1 aromatic carbocycles. The Bertz CT molecular complexity index is 633. The van der Waals surface area contributed by atoms with E-state index in [0.29, 0.717) is 16.0 Å². The first kappa shape index (κ1) is 15.8. The number of benzene rings is 1. The van der Waals surface area contributed by atoms with E-state index in [9.17, 15) is 13.2 Å². The number of hydrogen-bond acceptors (Lipinski definition) is 3. The Hall–Kier alpha value is -0.590. The third kappa shape index (κ3) is 3.74.